The first-order valence-electron chi connectivity index (χ1n) is 7.57. The molecule has 2 amide bonds. The number of nitrogens with one attached hydrogen (secondary N) is 1. The number of hydrogen-bond acceptors (Lipinski definition) is 5. The number of nitrogens with zero attached hydrogens (tertiary/aromatic N) is 4. The summed E-state index contributed by atoms with van der Waals surface area (Å²) in [6.07, 6.45) is 1.70. The van der Waals surface area contributed by atoms with E-state index in [2.05, 4.69) is 33.9 Å². The number of piperazine rings is 1. The number of carbonyl (C=O) groups excluding carboxylic acids is 1. The van der Waals surface area contributed by atoms with Gasteiger partial charge in [0, 0.05) is 62.9 Å². The summed E-state index contributed by atoms with van der Waals surface area (Å²) in [5.41, 5.74) is 0. The van der Waals surface area contributed by atoms with E-state index in [1.54, 1.807) is 6.20 Å². The molecule has 2 aliphatic rings. The van der Waals surface area contributed by atoms with E-state index in [9.17, 15) is 4.79 Å². The first-order chi connectivity index (χ1) is 10.1. The zero-order chi connectivity index (χ0) is 14.8. The number of likely N-dealkylation sites (tertiary alicyclic amines) is 1. The first kappa shape index (κ1) is 14.7. The van der Waals surface area contributed by atoms with Crippen LogP contribution in [0.15, 0.2) is 11.6 Å². The van der Waals surface area contributed by atoms with Crippen molar-refractivity contribution in [2.45, 2.75) is 25.9 Å². The van der Waals surface area contributed by atoms with E-state index in [1.165, 1.54) is 11.3 Å². The van der Waals surface area contributed by atoms with Gasteiger partial charge in [-0.3, -0.25) is 15.1 Å². The van der Waals surface area contributed by atoms with Crippen molar-refractivity contribution in [2.75, 3.05) is 44.6 Å². The molecule has 0 saturated carbocycles. The van der Waals surface area contributed by atoms with E-state index in [0.717, 1.165) is 39.3 Å². The Morgan fingerprint density at radius 2 is 2.05 bits per heavy atom. The van der Waals surface area contributed by atoms with Crippen molar-refractivity contribution in [2.24, 2.45) is 0 Å². The standard InChI is InChI=1S/C14H23N5OS/c1-11(2)17-4-6-18(7-5-17)12-9-19(10-12)14(20)16-13-15-3-8-21-13/h3,8,11-12H,4-7,9-10H2,1-2H3,(H,15,16,20). The van der Waals surface area contributed by atoms with Gasteiger partial charge in [0.25, 0.3) is 0 Å². The Bertz CT molecular complexity index is 464. The number of hydrogen-bond donors (Lipinski definition) is 1. The van der Waals surface area contributed by atoms with Crippen LogP contribution in [-0.2, 0) is 0 Å². The maximum absolute atomic E-state index is 12.0. The maximum Gasteiger partial charge on any atom is 0.323 e. The molecule has 116 valence electrons. The summed E-state index contributed by atoms with van der Waals surface area (Å²) in [5, 5.41) is 5.38. The summed E-state index contributed by atoms with van der Waals surface area (Å²) in [4.78, 5) is 23.0. The zero-order valence-corrected chi connectivity index (χ0v) is 13.5. The van der Waals surface area contributed by atoms with Gasteiger partial charge in [0.15, 0.2) is 5.13 Å². The van der Waals surface area contributed by atoms with Gasteiger partial charge in [-0.05, 0) is 13.8 Å². The Kier molecular flexibility index (Phi) is 4.42. The van der Waals surface area contributed by atoms with Gasteiger partial charge in [0.2, 0.25) is 0 Å². The van der Waals surface area contributed by atoms with Crippen molar-refractivity contribution in [3.8, 4) is 0 Å². The average molecular weight is 309 g/mol. The Balaban J connectivity index is 1.41. The summed E-state index contributed by atoms with van der Waals surface area (Å²) in [5.74, 6) is 0. The molecule has 7 heteroatoms. The second-order valence-electron chi connectivity index (χ2n) is 5.99. The molecular weight excluding hydrogens is 286 g/mol. The number of aromatic nitrogens is 1. The van der Waals surface area contributed by atoms with Crippen LogP contribution in [0.1, 0.15) is 13.8 Å². The predicted octanol–water partition coefficient (Wildman–Crippen LogP) is 1.39. The Hall–Kier alpha value is -1.18. The lowest BCUT2D eigenvalue weighted by Crippen LogP contribution is -2.65. The highest BCUT2D eigenvalue weighted by Gasteiger charge is 2.36. The lowest BCUT2D eigenvalue weighted by atomic mass is 10.1. The van der Waals surface area contributed by atoms with Crippen LogP contribution in [0.4, 0.5) is 9.93 Å². The van der Waals surface area contributed by atoms with Crippen LogP contribution < -0.4 is 5.32 Å². The third-order valence-corrected chi connectivity index (χ3v) is 5.08. The topological polar surface area (TPSA) is 51.7 Å². The second-order valence-corrected chi connectivity index (χ2v) is 6.89. The summed E-state index contributed by atoms with van der Waals surface area (Å²) >= 11 is 1.45. The van der Waals surface area contributed by atoms with E-state index in [1.807, 2.05) is 10.3 Å². The maximum atomic E-state index is 12.0. The summed E-state index contributed by atoms with van der Waals surface area (Å²) in [7, 11) is 0. The van der Waals surface area contributed by atoms with E-state index in [4.69, 9.17) is 0 Å². The van der Waals surface area contributed by atoms with Gasteiger partial charge in [-0.2, -0.15) is 0 Å². The van der Waals surface area contributed by atoms with Gasteiger partial charge in [-0.15, -0.1) is 11.3 Å². The van der Waals surface area contributed by atoms with E-state index < -0.39 is 0 Å². The highest BCUT2D eigenvalue weighted by atomic mass is 32.1. The van der Waals surface area contributed by atoms with Gasteiger partial charge in [0.05, 0.1) is 0 Å². The quantitative estimate of drug-likeness (QED) is 0.917. The molecule has 6 nitrogen and oxygen atoms in total. The molecule has 0 spiro atoms. The minimum Gasteiger partial charge on any atom is -0.321 e. The van der Waals surface area contributed by atoms with Crippen molar-refractivity contribution < 1.29 is 4.79 Å². The largest absolute Gasteiger partial charge is 0.323 e. The Labute approximate surface area is 129 Å². The molecule has 1 N–H and O–H groups in total. The molecule has 1 aromatic rings. The molecule has 0 unspecified atom stereocenters. The minimum absolute atomic E-state index is 0.0259. The van der Waals surface area contributed by atoms with Crippen molar-refractivity contribution in [1.82, 2.24) is 19.7 Å². The summed E-state index contributed by atoms with van der Waals surface area (Å²) in [6, 6.07) is 1.14. The second kappa shape index (κ2) is 6.29. The molecule has 3 rings (SSSR count). The molecule has 2 fully saturated rings. The fourth-order valence-corrected chi connectivity index (χ4v) is 3.45. The molecule has 0 aromatic carbocycles. The molecule has 1 aromatic heterocycles. The monoisotopic (exact) mass is 309 g/mol. The molecule has 0 aliphatic carbocycles. The van der Waals surface area contributed by atoms with Crippen LogP contribution in [0.3, 0.4) is 0 Å². The first-order valence-corrected chi connectivity index (χ1v) is 8.45. The molecule has 0 bridgehead atoms. The molecular formula is C14H23N5OS. The van der Waals surface area contributed by atoms with Crippen LogP contribution in [0.2, 0.25) is 0 Å². The number of amides is 2. The molecule has 2 saturated heterocycles. The smallest absolute Gasteiger partial charge is 0.321 e. The third-order valence-electron chi connectivity index (χ3n) is 4.39. The van der Waals surface area contributed by atoms with Crippen LogP contribution in [0.5, 0.6) is 0 Å². The molecule has 3 heterocycles. The molecule has 2 aliphatic heterocycles. The van der Waals surface area contributed by atoms with Crippen molar-refractivity contribution in [3.63, 3.8) is 0 Å². The number of thiazole rings is 1. The highest BCUT2D eigenvalue weighted by Crippen LogP contribution is 2.19. The van der Waals surface area contributed by atoms with Gasteiger partial charge < -0.3 is 4.90 Å². The van der Waals surface area contributed by atoms with Crippen molar-refractivity contribution >= 4 is 22.5 Å². The zero-order valence-electron chi connectivity index (χ0n) is 12.7. The molecule has 21 heavy (non-hydrogen) atoms. The van der Waals surface area contributed by atoms with Crippen LogP contribution >= 0.6 is 11.3 Å². The highest BCUT2D eigenvalue weighted by molar-refractivity contribution is 7.13. The van der Waals surface area contributed by atoms with Gasteiger partial charge in [-0.25, -0.2) is 9.78 Å². The lowest BCUT2D eigenvalue weighted by molar-refractivity contribution is 0.0187. The molecule has 0 radical (unpaired) electrons. The van der Waals surface area contributed by atoms with Crippen LogP contribution in [0.25, 0.3) is 0 Å². The van der Waals surface area contributed by atoms with Crippen molar-refractivity contribution in [3.05, 3.63) is 11.6 Å². The van der Waals surface area contributed by atoms with Gasteiger partial charge >= 0.3 is 6.03 Å². The van der Waals surface area contributed by atoms with Gasteiger partial charge in [0.1, 0.15) is 0 Å². The van der Waals surface area contributed by atoms with E-state index >= 15 is 0 Å². The Morgan fingerprint density at radius 3 is 2.62 bits per heavy atom. The normalized spacial score (nSPS) is 21.6. The minimum atomic E-state index is -0.0259. The predicted molar refractivity (Wildman–Crippen MR) is 84.8 cm³/mol. The number of urea groups is 1. The lowest BCUT2D eigenvalue weighted by Gasteiger charge is -2.48. The fourth-order valence-electron chi connectivity index (χ4n) is 2.93. The van der Waals surface area contributed by atoms with E-state index in [0.29, 0.717) is 17.2 Å². The van der Waals surface area contributed by atoms with Crippen LogP contribution in [0, 0.1) is 0 Å². The van der Waals surface area contributed by atoms with E-state index in [-0.39, 0.29) is 6.03 Å². The van der Waals surface area contributed by atoms with Crippen molar-refractivity contribution in [1.29, 1.82) is 0 Å². The number of anilines is 1. The third kappa shape index (κ3) is 3.36. The summed E-state index contributed by atoms with van der Waals surface area (Å²) in [6.45, 7) is 10.7. The van der Waals surface area contributed by atoms with Gasteiger partial charge in [-0.1, -0.05) is 0 Å². The number of rotatable bonds is 3. The van der Waals surface area contributed by atoms with Crippen LogP contribution in [-0.4, -0.2) is 77.1 Å². The fraction of sp³-hybridized carbons (Fsp3) is 0.714. The summed E-state index contributed by atoms with van der Waals surface area (Å²) < 4.78 is 0. The number of carbonyl (C=O) groups is 1. The Morgan fingerprint density at radius 1 is 1.33 bits per heavy atom. The SMILES string of the molecule is CC(C)N1CCN(C2CN(C(=O)Nc3nccs3)C2)CC1. The molecule has 0 atom stereocenters. The average Bonchev–Trinajstić information content (AvgIpc) is 2.90.